The van der Waals surface area contributed by atoms with E-state index in [0.717, 1.165) is 5.56 Å². The van der Waals surface area contributed by atoms with Crippen molar-refractivity contribution in [3.63, 3.8) is 0 Å². The van der Waals surface area contributed by atoms with Crippen LogP contribution in [0.4, 0.5) is 5.69 Å². The van der Waals surface area contributed by atoms with Crippen LogP contribution in [-0.2, 0) is 9.63 Å². The predicted molar refractivity (Wildman–Crippen MR) is 92.1 cm³/mol. The van der Waals surface area contributed by atoms with Crippen LogP contribution in [0, 0.1) is 5.92 Å². The molecule has 0 spiro atoms. The zero-order valence-electron chi connectivity index (χ0n) is 13.5. The highest BCUT2D eigenvalue weighted by Gasteiger charge is 2.38. The second kappa shape index (κ2) is 6.66. The van der Waals surface area contributed by atoms with Crippen LogP contribution in [0.25, 0.3) is 0 Å². The van der Waals surface area contributed by atoms with E-state index >= 15 is 0 Å². The molecule has 0 bridgehead atoms. The number of rotatable bonds is 4. The topological polar surface area (TPSA) is 67.8 Å². The molecule has 2 aromatic carbocycles. The van der Waals surface area contributed by atoms with Gasteiger partial charge >= 0.3 is 0 Å². The molecular weight excluding hydrogens is 304 g/mol. The van der Waals surface area contributed by atoms with Crippen LogP contribution in [0.3, 0.4) is 0 Å². The number of hydrogen-bond acceptors (Lipinski definition) is 4. The van der Waals surface area contributed by atoms with Crippen LogP contribution in [0.5, 0.6) is 0 Å². The molecule has 1 heterocycles. The van der Waals surface area contributed by atoms with Crippen molar-refractivity contribution in [2.24, 2.45) is 11.1 Å². The maximum absolute atomic E-state index is 12.8. The van der Waals surface area contributed by atoms with Gasteiger partial charge < -0.3 is 10.2 Å². The molecule has 1 aliphatic heterocycles. The van der Waals surface area contributed by atoms with Gasteiger partial charge in [-0.3, -0.25) is 9.59 Å². The van der Waals surface area contributed by atoms with E-state index < -0.39 is 5.92 Å². The normalized spacial score (nSPS) is 19.3. The Morgan fingerprint density at radius 1 is 1.04 bits per heavy atom. The summed E-state index contributed by atoms with van der Waals surface area (Å²) in [6.45, 7) is 3.28. The lowest BCUT2D eigenvalue weighted by Gasteiger charge is -2.16. The van der Waals surface area contributed by atoms with Gasteiger partial charge in [-0.25, -0.2) is 0 Å². The molecule has 0 unspecified atom stereocenters. The molecule has 2 aromatic rings. The largest absolute Gasteiger partial charge is 0.391 e. The van der Waals surface area contributed by atoms with Gasteiger partial charge in [0, 0.05) is 11.1 Å². The number of ketones is 1. The van der Waals surface area contributed by atoms with Gasteiger partial charge in [0.1, 0.15) is 17.7 Å². The maximum atomic E-state index is 12.8. The van der Waals surface area contributed by atoms with Crippen molar-refractivity contribution in [2.45, 2.75) is 20.0 Å². The van der Waals surface area contributed by atoms with E-state index in [1.165, 1.54) is 6.92 Å². The highest BCUT2D eigenvalue weighted by atomic mass is 16.6. The highest BCUT2D eigenvalue weighted by molar-refractivity contribution is 6.17. The number of carbonyl (C=O) groups is 2. The summed E-state index contributed by atoms with van der Waals surface area (Å²) in [6, 6.07) is 16.4. The number of para-hydroxylation sites is 1. The van der Waals surface area contributed by atoms with Crippen LogP contribution >= 0.6 is 0 Å². The van der Waals surface area contributed by atoms with E-state index in [0.29, 0.717) is 17.0 Å². The molecule has 1 aliphatic rings. The summed E-state index contributed by atoms with van der Waals surface area (Å²) in [4.78, 5) is 29.8. The molecule has 1 N–H and O–H groups in total. The Kier molecular flexibility index (Phi) is 4.42. The molecule has 0 aromatic heterocycles. The molecule has 0 saturated carbocycles. The molecule has 0 saturated heterocycles. The van der Waals surface area contributed by atoms with Gasteiger partial charge in [-0.05, 0) is 26.0 Å². The molecule has 2 atom stereocenters. The van der Waals surface area contributed by atoms with Gasteiger partial charge in [0.05, 0.1) is 5.69 Å². The first kappa shape index (κ1) is 15.9. The van der Waals surface area contributed by atoms with Crippen LogP contribution in [-0.4, -0.2) is 23.5 Å². The zero-order chi connectivity index (χ0) is 17.1. The van der Waals surface area contributed by atoms with Crippen LogP contribution in [0.15, 0.2) is 59.8 Å². The summed E-state index contributed by atoms with van der Waals surface area (Å²) in [5.74, 6) is -0.873. The number of benzene rings is 2. The summed E-state index contributed by atoms with van der Waals surface area (Å²) in [5, 5.41) is 6.92. The minimum Gasteiger partial charge on any atom is -0.391 e. The Morgan fingerprint density at radius 3 is 2.42 bits per heavy atom. The Balaban J connectivity index is 1.87. The smallest absolute Gasteiger partial charge is 0.237 e. The first-order chi connectivity index (χ1) is 11.6. The van der Waals surface area contributed by atoms with Crippen LogP contribution in [0.1, 0.15) is 29.8 Å². The van der Waals surface area contributed by atoms with E-state index in [4.69, 9.17) is 4.84 Å². The second-order valence-electron chi connectivity index (χ2n) is 5.72. The molecule has 5 heteroatoms. The fourth-order valence-electron chi connectivity index (χ4n) is 2.77. The maximum Gasteiger partial charge on any atom is 0.237 e. The number of Topliss-reactive ketones (excluding diaryl/α,β-unsaturated/α-hetero) is 1. The summed E-state index contributed by atoms with van der Waals surface area (Å²) in [6.07, 6.45) is -0.371. The minimum atomic E-state index is -0.535. The van der Waals surface area contributed by atoms with Crippen molar-refractivity contribution in [1.82, 2.24) is 0 Å². The van der Waals surface area contributed by atoms with Gasteiger partial charge in [0.25, 0.3) is 0 Å². The zero-order valence-corrected chi connectivity index (χ0v) is 13.5. The highest BCUT2D eigenvalue weighted by Crippen LogP contribution is 2.25. The first-order valence-electron chi connectivity index (χ1n) is 7.78. The number of hydrogen-bond donors (Lipinski definition) is 1. The SMILES string of the molecule is CC(=O)c1ccccc1NC(=O)[C@@H]1C(c2ccccc2)=NO[C@H]1C. The monoisotopic (exact) mass is 322 g/mol. The quantitative estimate of drug-likeness (QED) is 0.879. The van der Waals surface area contributed by atoms with Crippen LogP contribution < -0.4 is 5.32 Å². The Labute approximate surface area is 140 Å². The number of carbonyl (C=O) groups excluding carboxylic acids is 2. The van der Waals surface area contributed by atoms with Gasteiger partial charge in [-0.2, -0.15) is 0 Å². The standard InChI is InChI=1S/C19H18N2O3/c1-12(22)15-10-6-7-11-16(15)20-19(23)17-13(2)24-21-18(17)14-8-4-3-5-9-14/h3-11,13,17H,1-2H3,(H,20,23)/t13-,17-/m0/s1. The lowest BCUT2D eigenvalue weighted by atomic mass is 9.92. The molecule has 5 nitrogen and oxygen atoms in total. The fraction of sp³-hybridized carbons (Fsp3) is 0.211. The number of anilines is 1. The molecule has 24 heavy (non-hydrogen) atoms. The van der Waals surface area contributed by atoms with Crippen molar-refractivity contribution in [1.29, 1.82) is 0 Å². The number of nitrogens with zero attached hydrogens (tertiary/aromatic N) is 1. The molecule has 3 rings (SSSR count). The van der Waals surface area contributed by atoms with Gasteiger partial charge in [0.15, 0.2) is 5.78 Å². The van der Waals surface area contributed by atoms with Crippen molar-refractivity contribution >= 4 is 23.1 Å². The summed E-state index contributed by atoms with van der Waals surface area (Å²) in [7, 11) is 0. The number of nitrogens with one attached hydrogen (secondary N) is 1. The third-order valence-electron chi connectivity index (χ3n) is 4.00. The van der Waals surface area contributed by atoms with Crippen molar-refractivity contribution < 1.29 is 14.4 Å². The van der Waals surface area contributed by atoms with Crippen molar-refractivity contribution in [3.05, 3.63) is 65.7 Å². The number of amides is 1. The second-order valence-corrected chi connectivity index (χ2v) is 5.72. The van der Waals surface area contributed by atoms with E-state index in [9.17, 15) is 9.59 Å². The van der Waals surface area contributed by atoms with Gasteiger partial charge in [-0.15, -0.1) is 0 Å². The average molecular weight is 322 g/mol. The number of oxime groups is 1. The third kappa shape index (κ3) is 3.06. The lowest BCUT2D eigenvalue weighted by Crippen LogP contribution is -2.34. The van der Waals surface area contributed by atoms with E-state index in [1.807, 2.05) is 30.3 Å². The first-order valence-corrected chi connectivity index (χ1v) is 7.78. The molecule has 0 radical (unpaired) electrons. The van der Waals surface area contributed by atoms with Crippen molar-refractivity contribution in [3.8, 4) is 0 Å². The Bertz CT molecular complexity index is 799. The van der Waals surface area contributed by atoms with E-state index in [2.05, 4.69) is 10.5 Å². The lowest BCUT2D eigenvalue weighted by molar-refractivity contribution is -0.120. The Morgan fingerprint density at radius 2 is 1.71 bits per heavy atom. The molecular formula is C19H18N2O3. The predicted octanol–water partition coefficient (Wildman–Crippen LogP) is 3.27. The summed E-state index contributed by atoms with van der Waals surface area (Å²) < 4.78 is 0. The fourth-order valence-corrected chi connectivity index (χ4v) is 2.77. The minimum absolute atomic E-state index is 0.0985. The Hall–Kier alpha value is -2.95. The van der Waals surface area contributed by atoms with Gasteiger partial charge in [-0.1, -0.05) is 47.6 Å². The van der Waals surface area contributed by atoms with E-state index in [-0.39, 0.29) is 17.8 Å². The molecule has 122 valence electrons. The summed E-state index contributed by atoms with van der Waals surface area (Å²) in [5.41, 5.74) is 2.43. The van der Waals surface area contributed by atoms with Crippen molar-refractivity contribution in [2.75, 3.05) is 5.32 Å². The van der Waals surface area contributed by atoms with E-state index in [1.54, 1.807) is 31.2 Å². The van der Waals surface area contributed by atoms with Crippen LogP contribution in [0.2, 0.25) is 0 Å². The third-order valence-corrected chi connectivity index (χ3v) is 4.00. The molecule has 0 fully saturated rings. The molecule has 0 aliphatic carbocycles. The van der Waals surface area contributed by atoms with Gasteiger partial charge in [0.2, 0.25) is 5.91 Å². The average Bonchev–Trinajstić information content (AvgIpc) is 2.97. The molecule has 1 amide bonds. The summed E-state index contributed by atoms with van der Waals surface area (Å²) >= 11 is 0.